The van der Waals surface area contributed by atoms with Crippen molar-refractivity contribution in [3.05, 3.63) is 12.2 Å². The number of rotatable bonds is 5. The molecule has 0 bridgehead atoms. The van der Waals surface area contributed by atoms with Gasteiger partial charge in [0.1, 0.15) is 12.2 Å². The molecule has 0 aromatic carbocycles. The molecular weight excluding hydrogens is 216 g/mol. The van der Waals surface area contributed by atoms with Crippen LogP contribution in [0.5, 0.6) is 0 Å². The summed E-state index contributed by atoms with van der Waals surface area (Å²) >= 11 is 0. The van der Waals surface area contributed by atoms with E-state index in [2.05, 4.69) is 34.3 Å². The van der Waals surface area contributed by atoms with Crippen LogP contribution in [-0.4, -0.2) is 33.9 Å². The minimum Gasteiger partial charge on any atom is -0.378 e. The van der Waals surface area contributed by atoms with Crippen molar-refractivity contribution in [1.29, 1.82) is 0 Å². The molecule has 1 aromatic rings. The first kappa shape index (κ1) is 12.5. The van der Waals surface area contributed by atoms with E-state index >= 15 is 0 Å². The molecule has 1 aliphatic rings. The van der Waals surface area contributed by atoms with Crippen LogP contribution in [-0.2, 0) is 4.74 Å². The van der Waals surface area contributed by atoms with Gasteiger partial charge in [0.2, 0.25) is 0 Å². The molecule has 0 spiro atoms. The van der Waals surface area contributed by atoms with Gasteiger partial charge in [0.25, 0.3) is 0 Å². The lowest BCUT2D eigenvalue weighted by molar-refractivity contribution is -0.00487. The maximum absolute atomic E-state index is 5.75. The first-order valence-electron chi connectivity index (χ1n) is 6.52. The van der Waals surface area contributed by atoms with Crippen LogP contribution in [0.2, 0.25) is 0 Å². The Morgan fingerprint density at radius 1 is 1.65 bits per heavy atom. The highest BCUT2D eigenvalue weighted by Gasteiger charge is 2.23. The number of hydrogen-bond donors (Lipinski definition) is 2. The summed E-state index contributed by atoms with van der Waals surface area (Å²) < 4.78 is 5.75. The van der Waals surface area contributed by atoms with Crippen LogP contribution < -0.4 is 5.32 Å². The van der Waals surface area contributed by atoms with E-state index in [0.717, 1.165) is 31.7 Å². The van der Waals surface area contributed by atoms with Crippen LogP contribution in [0.3, 0.4) is 0 Å². The maximum atomic E-state index is 5.75. The molecule has 3 atom stereocenters. The Hall–Kier alpha value is -0.940. The van der Waals surface area contributed by atoms with Gasteiger partial charge in [-0.2, -0.15) is 5.10 Å². The monoisotopic (exact) mass is 238 g/mol. The minimum atomic E-state index is 0.225. The fraction of sp³-hybridized carbons (Fsp3) is 0.833. The van der Waals surface area contributed by atoms with Gasteiger partial charge in [-0.15, -0.1) is 0 Å². The number of ether oxygens (including phenoxy) is 1. The molecule has 1 aromatic heterocycles. The van der Waals surface area contributed by atoms with E-state index in [1.165, 1.54) is 6.42 Å². The summed E-state index contributed by atoms with van der Waals surface area (Å²) in [7, 11) is 0. The van der Waals surface area contributed by atoms with Crippen LogP contribution in [0.4, 0.5) is 0 Å². The van der Waals surface area contributed by atoms with Crippen molar-refractivity contribution >= 4 is 0 Å². The van der Waals surface area contributed by atoms with Crippen LogP contribution in [0.1, 0.15) is 51.4 Å². The summed E-state index contributed by atoms with van der Waals surface area (Å²) in [4.78, 5) is 4.18. The maximum Gasteiger partial charge on any atom is 0.141 e. The van der Waals surface area contributed by atoms with Gasteiger partial charge < -0.3 is 10.1 Å². The van der Waals surface area contributed by atoms with E-state index in [-0.39, 0.29) is 6.04 Å². The van der Waals surface area contributed by atoms with Gasteiger partial charge in [0.15, 0.2) is 0 Å². The van der Waals surface area contributed by atoms with Crippen LogP contribution >= 0.6 is 0 Å². The van der Waals surface area contributed by atoms with Gasteiger partial charge in [-0.3, -0.25) is 5.10 Å². The second kappa shape index (κ2) is 6.12. The van der Waals surface area contributed by atoms with Crippen molar-refractivity contribution in [1.82, 2.24) is 20.5 Å². The summed E-state index contributed by atoms with van der Waals surface area (Å²) in [5.74, 6) is 0.906. The highest BCUT2D eigenvalue weighted by atomic mass is 16.5. The zero-order valence-corrected chi connectivity index (χ0v) is 10.6. The average Bonchev–Trinajstić information content (AvgIpc) is 2.83. The van der Waals surface area contributed by atoms with E-state index < -0.39 is 0 Å². The third-order valence-corrected chi connectivity index (χ3v) is 3.31. The summed E-state index contributed by atoms with van der Waals surface area (Å²) in [5, 5.41) is 10.4. The summed E-state index contributed by atoms with van der Waals surface area (Å²) in [6.45, 7) is 5.19. The largest absolute Gasteiger partial charge is 0.378 e. The number of aromatic amines is 1. The molecule has 2 heterocycles. The van der Waals surface area contributed by atoms with Crippen LogP contribution in [0, 0.1) is 0 Å². The second-order valence-electron chi connectivity index (χ2n) is 4.76. The Balaban J connectivity index is 1.82. The molecule has 1 aliphatic heterocycles. The first-order valence-corrected chi connectivity index (χ1v) is 6.52. The number of H-pyrrole nitrogens is 1. The molecule has 2 rings (SSSR count). The summed E-state index contributed by atoms with van der Waals surface area (Å²) in [6, 6.07) is 0.753. The lowest BCUT2D eigenvalue weighted by atomic mass is 9.99. The number of hydrogen-bond acceptors (Lipinski definition) is 4. The molecule has 5 heteroatoms. The molecule has 2 N–H and O–H groups in total. The highest BCUT2D eigenvalue weighted by Crippen LogP contribution is 2.20. The zero-order valence-electron chi connectivity index (χ0n) is 10.6. The molecule has 5 nitrogen and oxygen atoms in total. The van der Waals surface area contributed by atoms with E-state index in [4.69, 9.17) is 4.74 Å². The first-order chi connectivity index (χ1) is 8.29. The van der Waals surface area contributed by atoms with E-state index in [0.29, 0.717) is 12.1 Å². The van der Waals surface area contributed by atoms with E-state index in [9.17, 15) is 0 Å². The zero-order chi connectivity index (χ0) is 12.1. The van der Waals surface area contributed by atoms with Crippen molar-refractivity contribution < 1.29 is 4.74 Å². The third-order valence-electron chi connectivity index (χ3n) is 3.31. The molecule has 1 saturated heterocycles. The second-order valence-corrected chi connectivity index (χ2v) is 4.76. The fourth-order valence-corrected chi connectivity index (χ4v) is 2.41. The standard InChI is InChI=1S/C12H22N4O/c1-3-4-11-7-10(5-6-17-11)15-9(2)12-13-8-14-16-12/h8-11,15H,3-7H2,1-2H3,(H,13,14,16). The van der Waals surface area contributed by atoms with Crippen molar-refractivity contribution in [3.63, 3.8) is 0 Å². The lowest BCUT2D eigenvalue weighted by Crippen LogP contribution is -2.40. The Morgan fingerprint density at radius 3 is 3.24 bits per heavy atom. The van der Waals surface area contributed by atoms with Crippen LogP contribution in [0.15, 0.2) is 6.33 Å². The molecule has 17 heavy (non-hydrogen) atoms. The highest BCUT2D eigenvalue weighted by molar-refractivity contribution is 4.91. The van der Waals surface area contributed by atoms with Crippen LogP contribution in [0.25, 0.3) is 0 Å². The lowest BCUT2D eigenvalue weighted by Gasteiger charge is -2.31. The Labute approximate surface area is 102 Å². The number of aromatic nitrogens is 3. The van der Waals surface area contributed by atoms with Gasteiger partial charge in [-0.25, -0.2) is 4.98 Å². The molecule has 3 unspecified atom stereocenters. The topological polar surface area (TPSA) is 62.8 Å². The summed E-state index contributed by atoms with van der Waals surface area (Å²) in [6.07, 6.45) is 6.51. The van der Waals surface area contributed by atoms with Crippen molar-refractivity contribution in [3.8, 4) is 0 Å². The minimum absolute atomic E-state index is 0.225. The molecule has 0 radical (unpaired) electrons. The predicted octanol–water partition coefficient (Wildman–Crippen LogP) is 1.80. The molecule has 0 saturated carbocycles. The molecule has 0 amide bonds. The molecule has 96 valence electrons. The van der Waals surface area contributed by atoms with Gasteiger partial charge in [-0.05, 0) is 26.2 Å². The molecular formula is C12H22N4O. The normalized spacial score (nSPS) is 26.9. The Kier molecular flexibility index (Phi) is 4.50. The van der Waals surface area contributed by atoms with Crippen molar-refractivity contribution in [2.24, 2.45) is 0 Å². The SMILES string of the molecule is CCCC1CC(NC(C)c2ncn[nH]2)CCO1. The Morgan fingerprint density at radius 2 is 2.53 bits per heavy atom. The van der Waals surface area contributed by atoms with Crippen molar-refractivity contribution in [2.45, 2.75) is 57.7 Å². The van der Waals surface area contributed by atoms with Gasteiger partial charge >= 0.3 is 0 Å². The fourth-order valence-electron chi connectivity index (χ4n) is 2.41. The van der Waals surface area contributed by atoms with E-state index in [1.807, 2.05) is 0 Å². The van der Waals surface area contributed by atoms with E-state index in [1.54, 1.807) is 6.33 Å². The molecule has 0 aliphatic carbocycles. The third kappa shape index (κ3) is 3.51. The predicted molar refractivity (Wildman–Crippen MR) is 65.6 cm³/mol. The average molecular weight is 238 g/mol. The Bertz CT molecular complexity index is 312. The number of nitrogens with one attached hydrogen (secondary N) is 2. The summed E-state index contributed by atoms with van der Waals surface area (Å²) in [5.41, 5.74) is 0. The van der Waals surface area contributed by atoms with Crippen molar-refractivity contribution in [2.75, 3.05) is 6.61 Å². The van der Waals surface area contributed by atoms with Gasteiger partial charge in [-0.1, -0.05) is 13.3 Å². The number of nitrogens with zero attached hydrogens (tertiary/aromatic N) is 2. The smallest absolute Gasteiger partial charge is 0.141 e. The van der Waals surface area contributed by atoms with Gasteiger partial charge in [0.05, 0.1) is 12.1 Å². The molecule has 1 fully saturated rings. The van der Waals surface area contributed by atoms with Gasteiger partial charge in [0, 0.05) is 12.6 Å². The quantitative estimate of drug-likeness (QED) is 0.821.